The maximum Gasteiger partial charge on any atom is 0.412 e. The van der Waals surface area contributed by atoms with Crippen LogP contribution in [0, 0.1) is 0 Å². The SMILES string of the molecule is C[C@@H](OC(=O)Nc1ccccc1)C(=O)N1CCOC(COc2ccc(-n3cncn3)cc2)C1. The van der Waals surface area contributed by atoms with Crippen molar-refractivity contribution in [3.05, 3.63) is 67.3 Å². The zero-order valence-electron chi connectivity index (χ0n) is 18.2. The van der Waals surface area contributed by atoms with Crippen LogP contribution in [0.15, 0.2) is 67.3 Å². The Hall–Kier alpha value is -3.92. The molecule has 1 aromatic heterocycles. The van der Waals surface area contributed by atoms with Crippen LogP contribution < -0.4 is 10.1 Å². The van der Waals surface area contributed by atoms with Gasteiger partial charge in [-0.3, -0.25) is 10.1 Å². The molecule has 2 aromatic carbocycles. The van der Waals surface area contributed by atoms with Crippen molar-refractivity contribution in [1.29, 1.82) is 0 Å². The first kappa shape index (κ1) is 22.3. The number of carbonyl (C=O) groups is 2. The Morgan fingerprint density at radius 1 is 1.18 bits per heavy atom. The Balaban J connectivity index is 1.24. The molecule has 0 aliphatic carbocycles. The Labute approximate surface area is 191 Å². The standard InChI is InChI=1S/C23H25N5O5/c1-17(33-23(30)26-18-5-3-2-4-6-18)22(29)27-11-12-31-21(13-27)14-32-20-9-7-19(8-10-20)28-16-24-15-25-28/h2-10,15-17,21H,11-14H2,1H3,(H,26,30)/t17-,21?/m1/s1. The molecule has 1 fully saturated rings. The predicted molar refractivity (Wildman–Crippen MR) is 119 cm³/mol. The van der Waals surface area contributed by atoms with Crippen molar-refractivity contribution in [2.45, 2.75) is 19.1 Å². The average molecular weight is 451 g/mol. The second kappa shape index (κ2) is 10.6. The molecule has 33 heavy (non-hydrogen) atoms. The van der Waals surface area contributed by atoms with E-state index in [4.69, 9.17) is 14.2 Å². The Morgan fingerprint density at radius 3 is 2.70 bits per heavy atom. The fourth-order valence-corrected chi connectivity index (χ4v) is 3.38. The molecule has 10 nitrogen and oxygen atoms in total. The summed E-state index contributed by atoms with van der Waals surface area (Å²) in [7, 11) is 0. The summed E-state index contributed by atoms with van der Waals surface area (Å²) in [4.78, 5) is 30.4. The molecule has 4 rings (SSSR count). The maximum absolute atomic E-state index is 12.8. The van der Waals surface area contributed by atoms with Gasteiger partial charge < -0.3 is 19.1 Å². The van der Waals surface area contributed by atoms with E-state index in [0.29, 0.717) is 31.1 Å². The van der Waals surface area contributed by atoms with Gasteiger partial charge in [-0.25, -0.2) is 14.5 Å². The fourth-order valence-electron chi connectivity index (χ4n) is 3.38. The number of benzene rings is 2. The van der Waals surface area contributed by atoms with Crippen LogP contribution in [-0.4, -0.2) is 70.2 Å². The van der Waals surface area contributed by atoms with Crippen molar-refractivity contribution in [3.63, 3.8) is 0 Å². The van der Waals surface area contributed by atoms with E-state index in [0.717, 1.165) is 5.69 Å². The van der Waals surface area contributed by atoms with Gasteiger partial charge in [0.1, 0.15) is 31.1 Å². The predicted octanol–water partition coefficient (Wildman–Crippen LogP) is 2.51. The zero-order valence-corrected chi connectivity index (χ0v) is 18.2. The van der Waals surface area contributed by atoms with E-state index in [2.05, 4.69) is 15.4 Å². The minimum atomic E-state index is -0.919. The quantitative estimate of drug-likeness (QED) is 0.588. The van der Waals surface area contributed by atoms with E-state index < -0.39 is 12.2 Å². The fraction of sp³-hybridized carbons (Fsp3) is 0.304. The summed E-state index contributed by atoms with van der Waals surface area (Å²) >= 11 is 0. The van der Waals surface area contributed by atoms with Crippen LogP contribution in [0.25, 0.3) is 5.69 Å². The monoisotopic (exact) mass is 451 g/mol. The van der Waals surface area contributed by atoms with Crippen molar-refractivity contribution in [2.24, 2.45) is 0 Å². The third kappa shape index (κ3) is 6.07. The van der Waals surface area contributed by atoms with Gasteiger partial charge in [0.15, 0.2) is 6.10 Å². The summed E-state index contributed by atoms with van der Waals surface area (Å²) in [5, 5.41) is 6.69. The molecule has 1 unspecified atom stereocenters. The van der Waals surface area contributed by atoms with Crippen molar-refractivity contribution in [2.75, 3.05) is 31.6 Å². The third-order valence-electron chi connectivity index (χ3n) is 5.06. The largest absolute Gasteiger partial charge is 0.491 e. The van der Waals surface area contributed by atoms with E-state index in [-0.39, 0.29) is 18.6 Å². The van der Waals surface area contributed by atoms with Crippen LogP contribution in [0.2, 0.25) is 0 Å². The first-order chi connectivity index (χ1) is 16.1. The summed E-state index contributed by atoms with van der Waals surface area (Å²) in [6.45, 7) is 3.01. The lowest BCUT2D eigenvalue weighted by atomic mass is 10.2. The lowest BCUT2D eigenvalue weighted by Gasteiger charge is -2.34. The van der Waals surface area contributed by atoms with Crippen molar-refractivity contribution in [3.8, 4) is 11.4 Å². The number of rotatable bonds is 7. The Kier molecular flexibility index (Phi) is 7.16. The number of hydrogen-bond acceptors (Lipinski definition) is 7. The van der Waals surface area contributed by atoms with E-state index in [1.807, 2.05) is 30.3 Å². The first-order valence-electron chi connectivity index (χ1n) is 10.6. The molecule has 0 saturated carbocycles. The minimum Gasteiger partial charge on any atom is -0.491 e. The topological polar surface area (TPSA) is 108 Å². The van der Waals surface area contributed by atoms with Crippen LogP contribution in [0.5, 0.6) is 5.75 Å². The van der Waals surface area contributed by atoms with Gasteiger partial charge in [0.05, 0.1) is 18.8 Å². The van der Waals surface area contributed by atoms with Crippen molar-refractivity contribution < 1.29 is 23.8 Å². The van der Waals surface area contributed by atoms with Crippen LogP contribution in [0.1, 0.15) is 6.92 Å². The molecule has 1 N–H and O–H groups in total. The summed E-state index contributed by atoms with van der Waals surface area (Å²) in [5.41, 5.74) is 1.47. The molecule has 1 aliphatic heterocycles. The second-order valence-electron chi connectivity index (χ2n) is 7.46. The highest BCUT2D eigenvalue weighted by Crippen LogP contribution is 2.16. The minimum absolute atomic E-state index is 0.274. The summed E-state index contributed by atoms with van der Waals surface area (Å²) in [6.07, 6.45) is 1.21. The van der Waals surface area contributed by atoms with Gasteiger partial charge >= 0.3 is 6.09 Å². The van der Waals surface area contributed by atoms with Crippen molar-refractivity contribution in [1.82, 2.24) is 19.7 Å². The number of amides is 2. The molecule has 0 radical (unpaired) electrons. The number of hydrogen-bond donors (Lipinski definition) is 1. The summed E-state index contributed by atoms with van der Waals surface area (Å²) in [5.74, 6) is 0.406. The zero-order chi connectivity index (χ0) is 23.0. The van der Waals surface area contributed by atoms with Crippen LogP contribution in [0.4, 0.5) is 10.5 Å². The second-order valence-corrected chi connectivity index (χ2v) is 7.46. The van der Waals surface area contributed by atoms with Gasteiger partial charge in [0, 0.05) is 12.2 Å². The van der Waals surface area contributed by atoms with Gasteiger partial charge in [-0.2, -0.15) is 5.10 Å². The average Bonchev–Trinajstić information content (AvgIpc) is 3.38. The molecule has 0 bridgehead atoms. The number of para-hydroxylation sites is 1. The molecule has 0 spiro atoms. The van der Waals surface area contributed by atoms with Crippen molar-refractivity contribution >= 4 is 17.7 Å². The van der Waals surface area contributed by atoms with Crippen LogP contribution in [-0.2, 0) is 14.3 Å². The van der Waals surface area contributed by atoms with E-state index in [9.17, 15) is 9.59 Å². The molecular weight excluding hydrogens is 426 g/mol. The van der Waals surface area contributed by atoms with E-state index in [1.165, 1.54) is 6.33 Å². The van der Waals surface area contributed by atoms with E-state index in [1.54, 1.807) is 47.1 Å². The van der Waals surface area contributed by atoms with Gasteiger partial charge in [-0.05, 0) is 43.3 Å². The number of nitrogens with zero attached hydrogens (tertiary/aromatic N) is 4. The third-order valence-corrected chi connectivity index (χ3v) is 5.06. The smallest absolute Gasteiger partial charge is 0.412 e. The molecule has 172 valence electrons. The Morgan fingerprint density at radius 2 is 1.97 bits per heavy atom. The Bertz CT molecular complexity index is 1040. The number of aromatic nitrogens is 3. The van der Waals surface area contributed by atoms with Gasteiger partial charge in [-0.1, -0.05) is 18.2 Å². The number of nitrogens with one attached hydrogen (secondary N) is 1. The highest BCUT2D eigenvalue weighted by atomic mass is 16.6. The van der Waals surface area contributed by atoms with Crippen LogP contribution in [0.3, 0.4) is 0 Å². The first-order valence-corrected chi connectivity index (χ1v) is 10.6. The number of carbonyl (C=O) groups excluding carboxylic acids is 2. The molecule has 1 saturated heterocycles. The maximum atomic E-state index is 12.8. The van der Waals surface area contributed by atoms with E-state index >= 15 is 0 Å². The molecule has 10 heteroatoms. The molecule has 2 atom stereocenters. The molecule has 3 aromatic rings. The molecule has 1 aliphatic rings. The number of ether oxygens (including phenoxy) is 3. The normalized spacial score (nSPS) is 16.6. The lowest BCUT2D eigenvalue weighted by Crippen LogP contribution is -2.51. The number of anilines is 1. The van der Waals surface area contributed by atoms with Gasteiger partial charge in [0.25, 0.3) is 5.91 Å². The van der Waals surface area contributed by atoms with Gasteiger partial charge in [0.2, 0.25) is 0 Å². The molecular formula is C23H25N5O5. The van der Waals surface area contributed by atoms with Gasteiger partial charge in [-0.15, -0.1) is 0 Å². The molecule has 2 heterocycles. The molecule has 2 amide bonds. The highest BCUT2D eigenvalue weighted by Gasteiger charge is 2.29. The summed E-state index contributed by atoms with van der Waals surface area (Å²) < 4.78 is 18.5. The summed E-state index contributed by atoms with van der Waals surface area (Å²) in [6, 6.07) is 16.3. The van der Waals surface area contributed by atoms with Crippen LogP contribution >= 0.6 is 0 Å². The lowest BCUT2D eigenvalue weighted by molar-refractivity contribution is -0.147. The number of morpholine rings is 1. The highest BCUT2D eigenvalue weighted by molar-refractivity contribution is 5.88.